The van der Waals surface area contributed by atoms with Crippen molar-refractivity contribution in [1.29, 1.82) is 0 Å². The monoisotopic (exact) mass is 342 g/mol. The Kier molecular flexibility index (Phi) is 3.32. The van der Waals surface area contributed by atoms with E-state index in [1.807, 2.05) is 6.07 Å². The van der Waals surface area contributed by atoms with Crippen LogP contribution in [0.3, 0.4) is 0 Å². The number of hydrogen-bond donors (Lipinski definition) is 3. The van der Waals surface area contributed by atoms with Crippen LogP contribution in [0.1, 0.15) is 0 Å². The van der Waals surface area contributed by atoms with E-state index in [2.05, 4.69) is 15.3 Å². The number of anilines is 1. The molecule has 0 saturated heterocycles. The highest BCUT2D eigenvalue weighted by Crippen LogP contribution is 2.30. The predicted octanol–water partition coefficient (Wildman–Crippen LogP) is 1.58. The van der Waals surface area contributed by atoms with Crippen LogP contribution in [0.2, 0.25) is 5.02 Å². The molecule has 1 atom stereocenters. The summed E-state index contributed by atoms with van der Waals surface area (Å²) in [5, 5.41) is 28.4. The maximum Gasteiger partial charge on any atom is 0.186 e. The highest BCUT2D eigenvalue weighted by atomic mass is 35.5. The molecule has 0 bridgehead atoms. The third-order valence-corrected chi connectivity index (χ3v) is 4.07. The topological polar surface area (TPSA) is 117 Å². The summed E-state index contributed by atoms with van der Waals surface area (Å²) in [5.41, 5.74) is 8.63. The van der Waals surface area contributed by atoms with Gasteiger partial charge in [0, 0.05) is 17.7 Å². The van der Waals surface area contributed by atoms with Gasteiger partial charge in [0.1, 0.15) is 11.5 Å². The maximum atomic E-state index is 11.0. The first-order valence-electron chi connectivity index (χ1n) is 6.99. The zero-order valence-corrected chi connectivity index (χ0v) is 12.9. The molecule has 120 valence electrons. The second kappa shape index (κ2) is 5.39. The molecule has 4 N–H and O–H groups in total. The quantitative estimate of drug-likeness (QED) is 0.476. The van der Waals surface area contributed by atoms with Crippen LogP contribution in [0.25, 0.3) is 27.8 Å². The molecule has 0 spiro atoms. The second-order valence-corrected chi connectivity index (χ2v) is 5.59. The Labute approximate surface area is 140 Å². The zero-order chi connectivity index (χ0) is 16.8. The molecule has 1 unspecified atom stereocenters. The van der Waals surface area contributed by atoms with Gasteiger partial charge in [0.25, 0.3) is 0 Å². The summed E-state index contributed by atoms with van der Waals surface area (Å²) in [6, 6.07) is 11.7. The molecule has 0 amide bonds. The van der Waals surface area contributed by atoms with E-state index in [1.165, 1.54) is 12.1 Å². The molecule has 2 heterocycles. The number of quaternary nitrogens is 1. The minimum Gasteiger partial charge on any atom is -0.595 e. The van der Waals surface area contributed by atoms with Crippen LogP contribution in [-0.4, -0.2) is 25.0 Å². The van der Waals surface area contributed by atoms with Crippen LogP contribution < -0.4 is 11.0 Å². The number of fused-ring (bicyclic) bond motifs is 3. The molecule has 2 aromatic heterocycles. The maximum absolute atomic E-state index is 11.0. The molecule has 0 saturated carbocycles. The highest BCUT2D eigenvalue weighted by Gasteiger charge is 2.16. The molecule has 9 heteroatoms. The van der Waals surface area contributed by atoms with E-state index in [0.717, 1.165) is 0 Å². The van der Waals surface area contributed by atoms with E-state index >= 15 is 0 Å². The number of nitrogen functional groups attached to an aromatic ring is 1. The molecule has 0 aliphatic rings. The Bertz CT molecular complexity index is 1060. The average Bonchev–Trinajstić information content (AvgIpc) is 2.99. The lowest BCUT2D eigenvalue weighted by molar-refractivity contribution is -0.991. The van der Waals surface area contributed by atoms with Crippen molar-refractivity contribution in [2.75, 3.05) is 5.73 Å². The number of aromatic nitrogens is 4. The highest BCUT2D eigenvalue weighted by molar-refractivity contribution is 6.36. The van der Waals surface area contributed by atoms with E-state index in [-0.39, 0.29) is 11.5 Å². The Morgan fingerprint density at radius 3 is 2.62 bits per heavy atom. The summed E-state index contributed by atoms with van der Waals surface area (Å²) in [5.74, 6) is 0.286. The summed E-state index contributed by atoms with van der Waals surface area (Å²) < 4.78 is 1.57. The van der Waals surface area contributed by atoms with Crippen molar-refractivity contribution in [3.63, 3.8) is 0 Å². The molecular formula is C15H11ClN6O2. The van der Waals surface area contributed by atoms with Crippen molar-refractivity contribution >= 4 is 39.7 Å². The molecule has 0 radical (unpaired) electrons. The molecule has 0 aliphatic carbocycles. The second-order valence-electron chi connectivity index (χ2n) is 5.19. The van der Waals surface area contributed by atoms with Crippen molar-refractivity contribution in [3.8, 4) is 11.3 Å². The first-order valence-corrected chi connectivity index (χ1v) is 7.37. The fourth-order valence-electron chi connectivity index (χ4n) is 2.61. The van der Waals surface area contributed by atoms with Gasteiger partial charge < -0.3 is 10.9 Å². The number of nitrogens with one attached hydrogen (secondary N) is 1. The summed E-state index contributed by atoms with van der Waals surface area (Å²) >= 11 is 6.20. The fraction of sp³-hybridized carbons (Fsp3) is 0. The largest absolute Gasteiger partial charge is 0.595 e. The number of benzene rings is 2. The lowest BCUT2D eigenvalue weighted by Crippen LogP contribution is -2.99. The molecule has 0 aliphatic heterocycles. The zero-order valence-electron chi connectivity index (χ0n) is 12.1. The van der Waals surface area contributed by atoms with Gasteiger partial charge in [0.15, 0.2) is 11.3 Å². The molecule has 24 heavy (non-hydrogen) atoms. The first kappa shape index (κ1) is 14.8. The number of nitrogens with two attached hydrogens (primary N) is 1. The minimum absolute atomic E-state index is 0.194. The lowest BCUT2D eigenvalue weighted by atomic mass is 10.1. The van der Waals surface area contributed by atoms with Crippen LogP contribution in [0.15, 0.2) is 42.5 Å². The number of rotatable bonds is 2. The first-order chi connectivity index (χ1) is 11.6. The van der Waals surface area contributed by atoms with Gasteiger partial charge in [-0.1, -0.05) is 22.9 Å². The van der Waals surface area contributed by atoms with Crippen LogP contribution in [0.5, 0.6) is 0 Å². The normalized spacial score (nSPS) is 12.8. The van der Waals surface area contributed by atoms with Gasteiger partial charge in [-0.2, -0.15) is 9.74 Å². The summed E-state index contributed by atoms with van der Waals surface area (Å²) in [6.45, 7) is 0. The van der Waals surface area contributed by atoms with Gasteiger partial charge in [-0.05, 0) is 24.3 Å². The molecule has 2 aromatic carbocycles. The van der Waals surface area contributed by atoms with Gasteiger partial charge in [-0.3, -0.25) is 0 Å². The standard InChI is InChI=1S/C15H11ClN6O2/c16-10-2-1-3-11-12(10)14(17)18-15-13(19-20-21(11)15)8-4-6-9(7-5-8)22(23)24/h1-7,22-23H,(H2,17,18). The Morgan fingerprint density at radius 1 is 1.17 bits per heavy atom. The molecule has 4 aromatic rings. The van der Waals surface area contributed by atoms with Gasteiger partial charge in [-0.25, -0.2) is 10.2 Å². The molecule has 0 fully saturated rings. The van der Waals surface area contributed by atoms with Crippen molar-refractivity contribution in [1.82, 2.24) is 19.8 Å². The predicted molar refractivity (Wildman–Crippen MR) is 88.9 cm³/mol. The third-order valence-electron chi connectivity index (χ3n) is 3.75. The van der Waals surface area contributed by atoms with Gasteiger partial charge in [-0.15, -0.1) is 5.10 Å². The van der Waals surface area contributed by atoms with E-state index in [9.17, 15) is 5.21 Å². The van der Waals surface area contributed by atoms with Crippen LogP contribution >= 0.6 is 11.6 Å². The SMILES string of the molecule is Nc1nc2c(-c3ccc([NH+]([O-])O)cc3)nnn2c2cccc(Cl)c12. The molecular weight excluding hydrogens is 332 g/mol. The van der Waals surface area contributed by atoms with Crippen LogP contribution in [0, 0.1) is 5.21 Å². The summed E-state index contributed by atoms with van der Waals surface area (Å²) in [7, 11) is 0. The van der Waals surface area contributed by atoms with Gasteiger partial charge in [0.05, 0.1) is 15.9 Å². The van der Waals surface area contributed by atoms with Crippen LogP contribution in [-0.2, 0) is 0 Å². The number of nitrogens with zero attached hydrogens (tertiary/aromatic N) is 4. The Hall–Kier alpha value is -2.78. The summed E-state index contributed by atoms with van der Waals surface area (Å²) in [6.07, 6.45) is 0. The van der Waals surface area contributed by atoms with Crippen LogP contribution in [0.4, 0.5) is 11.5 Å². The lowest BCUT2D eigenvalue weighted by Gasteiger charge is -2.11. The fourth-order valence-corrected chi connectivity index (χ4v) is 2.88. The molecule has 4 rings (SSSR count). The van der Waals surface area contributed by atoms with Crippen molar-refractivity contribution in [2.24, 2.45) is 0 Å². The number of hydrogen-bond acceptors (Lipinski definition) is 6. The van der Waals surface area contributed by atoms with Gasteiger partial charge >= 0.3 is 0 Å². The van der Waals surface area contributed by atoms with Gasteiger partial charge in [0.2, 0.25) is 0 Å². The Morgan fingerprint density at radius 2 is 1.92 bits per heavy atom. The van der Waals surface area contributed by atoms with Crippen molar-refractivity contribution in [2.45, 2.75) is 0 Å². The number of halogens is 1. The van der Waals surface area contributed by atoms with E-state index < -0.39 is 5.23 Å². The molecule has 8 nitrogen and oxygen atoms in total. The minimum atomic E-state index is -0.989. The Balaban J connectivity index is 1.96. The third kappa shape index (κ3) is 2.17. The average molecular weight is 343 g/mol. The van der Waals surface area contributed by atoms with E-state index in [1.54, 1.807) is 28.8 Å². The summed E-state index contributed by atoms with van der Waals surface area (Å²) in [4.78, 5) is 4.37. The van der Waals surface area contributed by atoms with Crippen molar-refractivity contribution in [3.05, 3.63) is 52.7 Å². The van der Waals surface area contributed by atoms with Crippen molar-refractivity contribution < 1.29 is 10.4 Å². The smallest absolute Gasteiger partial charge is 0.186 e. The van der Waals surface area contributed by atoms with E-state index in [0.29, 0.717) is 32.8 Å². The van der Waals surface area contributed by atoms with E-state index in [4.69, 9.17) is 22.5 Å².